The fourth-order valence-electron chi connectivity index (χ4n) is 2.21. The van der Waals surface area contributed by atoms with Crippen molar-refractivity contribution in [3.8, 4) is 23.0 Å². The van der Waals surface area contributed by atoms with E-state index in [1.165, 1.54) is 0 Å². The zero-order valence-electron chi connectivity index (χ0n) is 13.0. The number of rotatable bonds is 8. The first-order valence-electron chi connectivity index (χ1n) is 7.26. The number of allylic oxidation sites excluding steroid dienone is 1. The summed E-state index contributed by atoms with van der Waals surface area (Å²) in [6, 6.07) is 6.11. The number of benzene rings is 1. The van der Waals surface area contributed by atoms with Crippen molar-refractivity contribution < 1.29 is 9.47 Å². The molecular weight excluding hydrogens is 300 g/mol. The van der Waals surface area contributed by atoms with Crippen LogP contribution in [0.15, 0.2) is 37.1 Å². The van der Waals surface area contributed by atoms with Gasteiger partial charge in [-0.05, 0) is 37.5 Å². The molecule has 0 N–H and O–H groups in total. The number of hydrogen-bond donors (Lipinski definition) is 0. The molecule has 0 amide bonds. The van der Waals surface area contributed by atoms with Gasteiger partial charge in [0, 0.05) is 17.6 Å². The summed E-state index contributed by atoms with van der Waals surface area (Å²) in [5.41, 5.74) is 1.80. The lowest BCUT2D eigenvalue weighted by molar-refractivity contribution is 0.275. The fourth-order valence-corrected chi connectivity index (χ4v) is 2.38. The third-order valence-corrected chi connectivity index (χ3v) is 3.65. The van der Waals surface area contributed by atoms with Gasteiger partial charge in [0.05, 0.1) is 25.6 Å². The van der Waals surface area contributed by atoms with Gasteiger partial charge in [-0.3, -0.25) is 4.57 Å². The third kappa shape index (κ3) is 3.83. The monoisotopic (exact) mass is 320 g/mol. The molecular formula is C17H21ClN2O2. The summed E-state index contributed by atoms with van der Waals surface area (Å²) in [7, 11) is 3.56. The van der Waals surface area contributed by atoms with Crippen LogP contribution < -0.4 is 9.47 Å². The molecule has 22 heavy (non-hydrogen) atoms. The van der Waals surface area contributed by atoms with Gasteiger partial charge < -0.3 is 9.47 Å². The van der Waals surface area contributed by atoms with Crippen molar-refractivity contribution in [2.75, 3.05) is 13.7 Å². The maximum Gasteiger partial charge on any atom is 0.296 e. The lowest BCUT2D eigenvalue weighted by Crippen LogP contribution is -2.03. The smallest absolute Gasteiger partial charge is 0.296 e. The van der Waals surface area contributed by atoms with Gasteiger partial charge >= 0.3 is 0 Å². The Kier molecular flexibility index (Phi) is 5.90. The number of halogens is 1. The van der Waals surface area contributed by atoms with Crippen molar-refractivity contribution in [1.29, 1.82) is 0 Å². The van der Waals surface area contributed by atoms with Gasteiger partial charge in [0.15, 0.2) is 0 Å². The molecule has 4 nitrogen and oxygen atoms in total. The quantitative estimate of drug-likeness (QED) is 0.531. The van der Waals surface area contributed by atoms with Crippen LogP contribution in [0.25, 0.3) is 11.3 Å². The molecule has 0 saturated heterocycles. The van der Waals surface area contributed by atoms with E-state index in [-0.39, 0.29) is 0 Å². The molecule has 5 heteroatoms. The molecule has 0 unspecified atom stereocenters. The highest BCUT2D eigenvalue weighted by Gasteiger charge is 2.14. The Hall–Kier alpha value is -1.94. The van der Waals surface area contributed by atoms with Gasteiger partial charge in [-0.25, -0.2) is 4.98 Å². The molecule has 0 aliphatic rings. The van der Waals surface area contributed by atoms with E-state index in [2.05, 4.69) is 11.6 Å². The van der Waals surface area contributed by atoms with Crippen molar-refractivity contribution in [1.82, 2.24) is 9.55 Å². The first-order chi connectivity index (χ1) is 10.7. The number of hydrogen-bond acceptors (Lipinski definition) is 3. The highest BCUT2D eigenvalue weighted by molar-refractivity contribution is 6.30. The van der Waals surface area contributed by atoms with Crippen LogP contribution in [0.3, 0.4) is 0 Å². The molecule has 0 atom stereocenters. The molecule has 0 bridgehead atoms. The first kappa shape index (κ1) is 16.4. The van der Waals surface area contributed by atoms with Crippen LogP contribution in [-0.4, -0.2) is 23.3 Å². The third-order valence-electron chi connectivity index (χ3n) is 3.42. The second-order valence-electron chi connectivity index (χ2n) is 4.96. The summed E-state index contributed by atoms with van der Waals surface area (Å²) in [6.07, 6.45) is 6.75. The molecule has 2 rings (SSSR count). The molecule has 0 aliphatic heterocycles. The van der Waals surface area contributed by atoms with Crippen LogP contribution in [0.1, 0.15) is 19.3 Å². The summed E-state index contributed by atoms with van der Waals surface area (Å²) in [5, 5.41) is 0.656. The van der Waals surface area contributed by atoms with E-state index in [0.29, 0.717) is 17.6 Å². The van der Waals surface area contributed by atoms with Gasteiger partial charge in [-0.15, -0.1) is 6.58 Å². The first-order valence-corrected chi connectivity index (χ1v) is 7.64. The van der Waals surface area contributed by atoms with Gasteiger partial charge in [-0.2, -0.15) is 0 Å². The summed E-state index contributed by atoms with van der Waals surface area (Å²) in [6.45, 7) is 4.35. The second-order valence-corrected chi connectivity index (χ2v) is 5.40. The maximum absolute atomic E-state index is 6.09. The Balaban J connectivity index is 2.14. The van der Waals surface area contributed by atoms with Crippen molar-refractivity contribution in [3.05, 3.63) is 42.1 Å². The molecule has 2 aromatic rings. The Bertz CT molecular complexity index is 638. The molecule has 1 heterocycles. The highest BCUT2D eigenvalue weighted by Crippen LogP contribution is 2.33. The van der Waals surface area contributed by atoms with E-state index in [9.17, 15) is 0 Å². The summed E-state index contributed by atoms with van der Waals surface area (Å²) >= 11 is 6.09. The van der Waals surface area contributed by atoms with Gasteiger partial charge in [0.25, 0.3) is 6.01 Å². The number of aromatic nitrogens is 2. The van der Waals surface area contributed by atoms with Crippen LogP contribution in [0.4, 0.5) is 0 Å². The number of methoxy groups -OCH3 is 1. The van der Waals surface area contributed by atoms with Gasteiger partial charge in [0.2, 0.25) is 0 Å². The van der Waals surface area contributed by atoms with E-state index in [4.69, 9.17) is 21.1 Å². The highest BCUT2D eigenvalue weighted by atomic mass is 35.5. The molecule has 118 valence electrons. The summed E-state index contributed by atoms with van der Waals surface area (Å²) in [4.78, 5) is 4.34. The lowest BCUT2D eigenvalue weighted by atomic mass is 10.1. The molecule has 1 aromatic carbocycles. The molecule has 0 spiro atoms. The van der Waals surface area contributed by atoms with E-state index >= 15 is 0 Å². The number of unbranched alkanes of at least 4 members (excludes halogenated alkanes) is 2. The Morgan fingerprint density at radius 3 is 2.91 bits per heavy atom. The van der Waals surface area contributed by atoms with Crippen LogP contribution in [-0.2, 0) is 7.05 Å². The predicted octanol–water partition coefficient (Wildman–Crippen LogP) is 4.48. The minimum atomic E-state index is 0.593. The average molecular weight is 321 g/mol. The van der Waals surface area contributed by atoms with Crippen molar-refractivity contribution in [2.45, 2.75) is 19.3 Å². The molecule has 0 radical (unpaired) electrons. The Morgan fingerprint density at radius 1 is 1.36 bits per heavy atom. The maximum atomic E-state index is 6.09. The fraction of sp³-hybridized carbons (Fsp3) is 0.353. The SMILES string of the molecule is C=CCCCCOc1ncc(-c2cc(Cl)ccc2OC)n1C. The average Bonchev–Trinajstić information content (AvgIpc) is 2.88. The normalized spacial score (nSPS) is 10.5. The standard InChI is InChI=1S/C17H21ClN2O2/c1-4-5-6-7-10-22-17-19-12-15(20(17)2)14-11-13(18)8-9-16(14)21-3/h4,8-9,11-12H,1,5-7,10H2,2-3H3. The Morgan fingerprint density at radius 2 is 2.18 bits per heavy atom. The van der Waals surface area contributed by atoms with Gasteiger partial charge in [0.1, 0.15) is 5.75 Å². The van der Waals surface area contributed by atoms with Crippen LogP contribution in [0, 0.1) is 0 Å². The number of nitrogens with zero attached hydrogens (tertiary/aromatic N) is 2. The van der Waals surface area contributed by atoms with Gasteiger partial charge in [-0.1, -0.05) is 17.7 Å². The Labute approximate surface area is 136 Å². The molecule has 0 saturated carbocycles. The van der Waals surface area contributed by atoms with Crippen LogP contribution >= 0.6 is 11.6 Å². The number of imidazole rings is 1. The lowest BCUT2D eigenvalue weighted by Gasteiger charge is -2.11. The van der Waals surface area contributed by atoms with Crippen LogP contribution in [0.5, 0.6) is 11.8 Å². The predicted molar refractivity (Wildman–Crippen MR) is 89.7 cm³/mol. The zero-order valence-corrected chi connectivity index (χ0v) is 13.8. The van der Waals surface area contributed by atoms with Crippen molar-refractivity contribution in [3.63, 3.8) is 0 Å². The van der Waals surface area contributed by atoms with Crippen molar-refractivity contribution >= 4 is 11.6 Å². The van der Waals surface area contributed by atoms with Crippen LogP contribution in [0.2, 0.25) is 5.02 Å². The molecule has 0 aliphatic carbocycles. The summed E-state index contributed by atoms with van der Waals surface area (Å²) in [5.74, 6) is 0.755. The minimum absolute atomic E-state index is 0.593. The van der Waals surface area contributed by atoms with E-state index in [1.807, 2.05) is 29.8 Å². The largest absolute Gasteiger partial charge is 0.496 e. The van der Waals surface area contributed by atoms with E-state index in [0.717, 1.165) is 36.3 Å². The summed E-state index contributed by atoms with van der Waals surface area (Å²) < 4.78 is 13.0. The number of ether oxygens (including phenoxy) is 2. The van der Waals surface area contributed by atoms with Crippen molar-refractivity contribution in [2.24, 2.45) is 7.05 Å². The minimum Gasteiger partial charge on any atom is -0.496 e. The molecule has 0 fully saturated rings. The zero-order chi connectivity index (χ0) is 15.9. The topological polar surface area (TPSA) is 36.3 Å². The second kappa shape index (κ2) is 7.90. The van der Waals surface area contributed by atoms with E-state index < -0.39 is 0 Å². The molecule has 1 aromatic heterocycles. The van der Waals surface area contributed by atoms with E-state index in [1.54, 1.807) is 19.4 Å².